The fourth-order valence-corrected chi connectivity index (χ4v) is 3.64. The molecule has 1 aliphatic carbocycles. The van der Waals surface area contributed by atoms with Crippen LogP contribution in [0.1, 0.15) is 43.6 Å². The summed E-state index contributed by atoms with van der Waals surface area (Å²) in [4.78, 5) is 28.8. The zero-order valence-corrected chi connectivity index (χ0v) is 17.1. The number of aryl methyl sites for hydroxylation is 1. The van der Waals surface area contributed by atoms with E-state index in [1.165, 1.54) is 0 Å². The van der Waals surface area contributed by atoms with Crippen molar-refractivity contribution < 1.29 is 9.59 Å². The molecule has 7 nitrogen and oxygen atoms in total. The van der Waals surface area contributed by atoms with Crippen molar-refractivity contribution in [2.75, 3.05) is 32.7 Å². The minimum atomic E-state index is 0.112. The highest BCUT2D eigenvalue weighted by Gasteiger charge is 2.27. The SMILES string of the molecule is Cc1nn(CC(C)C)c(C)c1CC(=O)N1CCN(CC(=O)NC2CC2)CC1. The number of hydrogen-bond acceptors (Lipinski definition) is 4. The van der Waals surface area contributed by atoms with E-state index in [1.54, 1.807) is 0 Å². The van der Waals surface area contributed by atoms with Crippen LogP contribution in [0.4, 0.5) is 0 Å². The van der Waals surface area contributed by atoms with E-state index < -0.39 is 0 Å². The molecule has 27 heavy (non-hydrogen) atoms. The Morgan fingerprint density at radius 2 is 1.81 bits per heavy atom. The van der Waals surface area contributed by atoms with E-state index >= 15 is 0 Å². The second-order valence-electron chi connectivity index (χ2n) is 8.40. The molecule has 0 spiro atoms. The van der Waals surface area contributed by atoms with Crippen LogP contribution < -0.4 is 5.32 Å². The molecule has 0 radical (unpaired) electrons. The number of carbonyl (C=O) groups excluding carboxylic acids is 2. The molecule has 7 heteroatoms. The molecule has 1 saturated heterocycles. The van der Waals surface area contributed by atoms with Crippen molar-refractivity contribution in [1.29, 1.82) is 0 Å². The van der Waals surface area contributed by atoms with Crippen molar-refractivity contribution in [2.45, 2.75) is 59.5 Å². The first-order chi connectivity index (χ1) is 12.8. The van der Waals surface area contributed by atoms with Crippen LogP contribution in [0.15, 0.2) is 0 Å². The second-order valence-corrected chi connectivity index (χ2v) is 8.40. The Hall–Kier alpha value is -1.89. The van der Waals surface area contributed by atoms with E-state index in [9.17, 15) is 9.59 Å². The Kier molecular flexibility index (Phi) is 6.19. The molecule has 0 bridgehead atoms. The Bertz CT molecular complexity index is 685. The standard InChI is InChI=1S/C20H33N5O2/c1-14(2)12-25-16(4)18(15(3)22-25)11-20(27)24-9-7-23(8-10-24)13-19(26)21-17-5-6-17/h14,17H,5-13H2,1-4H3,(H,21,26). The monoisotopic (exact) mass is 375 g/mol. The summed E-state index contributed by atoms with van der Waals surface area (Å²) in [6.45, 7) is 12.6. The van der Waals surface area contributed by atoms with Crippen molar-refractivity contribution >= 4 is 11.8 Å². The van der Waals surface area contributed by atoms with E-state index in [-0.39, 0.29) is 11.8 Å². The summed E-state index contributed by atoms with van der Waals surface area (Å²) < 4.78 is 2.03. The number of carbonyl (C=O) groups is 2. The van der Waals surface area contributed by atoms with Gasteiger partial charge in [-0.2, -0.15) is 5.10 Å². The third-order valence-corrected chi connectivity index (χ3v) is 5.43. The van der Waals surface area contributed by atoms with Gasteiger partial charge in [0.05, 0.1) is 18.7 Å². The van der Waals surface area contributed by atoms with Gasteiger partial charge >= 0.3 is 0 Å². The molecule has 3 rings (SSSR count). The first-order valence-electron chi connectivity index (χ1n) is 10.2. The predicted octanol–water partition coefficient (Wildman–Crippen LogP) is 1.12. The summed E-state index contributed by atoms with van der Waals surface area (Å²) in [6, 6.07) is 0.406. The average Bonchev–Trinajstić information content (AvgIpc) is 3.37. The van der Waals surface area contributed by atoms with Gasteiger partial charge in [-0.25, -0.2) is 0 Å². The maximum atomic E-state index is 12.8. The molecule has 1 saturated carbocycles. The van der Waals surface area contributed by atoms with Crippen molar-refractivity contribution in [3.63, 3.8) is 0 Å². The molecule has 1 aromatic rings. The molecule has 1 aliphatic heterocycles. The van der Waals surface area contributed by atoms with Crippen LogP contribution in [-0.4, -0.2) is 70.2 Å². The van der Waals surface area contributed by atoms with Crippen LogP contribution in [-0.2, 0) is 22.6 Å². The zero-order valence-electron chi connectivity index (χ0n) is 17.1. The lowest BCUT2D eigenvalue weighted by Crippen LogP contribution is -2.51. The summed E-state index contributed by atoms with van der Waals surface area (Å²) in [5, 5.41) is 7.64. The van der Waals surface area contributed by atoms with Gasteiger partial charge in [-0.1, -0.05) is 13.8 Å². The molecule has 150 valence electrons. The van der Waals surface area contributed by atoms with Gasteiger partial charge in [0, 0.05) is 50.0 Å². The highest BCUT2D eigenvalue weighted by molar-refractivity contribution is 5.80. The van der Waals surface area contributed by atoms with Crippen LogP contribution in [0.2, 0.25) is 0 Å². The van der Waals surface area contributed by atoms with Crippen LogP contribution in [0.5, 0.6) is 0 Å². The fourth-order valence-electron chi connectivity index (χ4n) is 3.64. The van der Waals surface area contributed by atoms with Crippen molar-refractivity contribution in [1.82, 2.24) is 24.9 Å². The lowest BCUT2D eigenvalue weighted by Gasteiger charge is -2.34. The van der Waals surface area contributed by atoms with E-state index in [2.05, 4.69) is 36.1 Å². The van der Waals surface area contributed by atoms with Crippen molar-refractivity contribution in [3.05, 3.63) is 17.0 Å². The lowest BCUT2D eigenvalue weighted by molar-refractivity contribution is -0.132. The van der Waals surface area contributed by atoms with Gasteiger partial charge < -0.3 is 10.2 Å². The van der Waals surface area contributed by atoms with E-state index in [1.807, 2.05) is 16.5 Å². The first kappa shape index (κ1) is 19.9. The maximum Gasteiger partial charge on any atom is 0.234 e. The molecule has 0 aromatic carbocycles. The van der Waals surface area contributed by atoms with Gasteiger partial charge in [-0.05, 0) is 32.6 Å². The molecule has 0 unspecified atom stereocenters. The molecule has 1 aromatic heterocycles. The second kappa shape index (κ2) is 8.42. The van der Waals surface area contributed by atoms with Gasteiger partial charge in [0.15, 0.2) is 0 Å². The van der Waals surface area contributed by atoms with Crippen molar-refractivity contribution in [2.24, 2.45) is 5.92 Å². The van der Waals surface area contributed by atoms with Crippen LogP contribution >= 0.6 is 0 Å². The van der Waals surface area contributed by atoms with Gasteiger partial charge in [-0.15, -0.1) is 0 Å². The lowest BCUT2D eigenvalue weighted by atomic mass is 10.1. The Balaban J connectivity index is 1.49. The Labute approximate surface area is 162 Å². The van der Waals surface area contributed by atoms with Gasteiger partial charge in [0.25, 0.3) is 0 Å². The maximum absolute atomic E-state index is 12.8. The molecular formula is C20H33N5O2. The molecule has 2 amide bonds. The molecule has 2 fully saturated rings. The smallest absolute Gasteiger partial charge is 0.234 e. The number of aromatic nitrogens is 2. The summed E-state index contributed by atoms with van der Waals surface area (Å²) in [6.07, 6.45) is 2.64. The molecule has 2 aliphatic rings. The van der Waals surface area contributed by atoms with E-state index in [0.717, 1.165) is 49.4 Å². The highest BCUT2D eigenvalue weighted by Crippen LogP contribution is 2.19. The van der Waals surface area contributed by atoms with Gasteiger partial charge in [-0.3, -0.25) is 19.2 Å². The minimum absolute atomic E-state index is 0.112. The minimum Gasteiger partial charge on any atom is -0.352 e. The third-order valence-electron chi connectivity index (χ3n) is 5.43. The number of piperazine rings is 1. The Morgan fingerprint density at radius 1 is 1.15 bits per heavy atom. The first-order valence-corrected chi connectivity index (χ1v) is 10.2. The highest BCUT2D eigenvalue weighted by atomic mass is 16.2. The molecule has 2 heterocycles. The third kappa shape index (κ3) is 5.31. The summed E-state index contributed by atoms with van der Waals surface area (Å²) in [7, 11) is 0. The zero-order chi connectivity index (χ0) is 19.6. The number of nitrogens with zero attached hydrogens (tertiary/aromatic N) is 4. The molecular weight excluding hydrogens is 342 g/mol. The van der Waals surface area contributed by atoms with Crippen LogP contribution in [0.3, 0.4) is 0 Å². The quantitative estimate of drug-likeness (QED) is 0.775. The molecule has 1 N–H and O–H groups in total. The van der Waals surface area contributed by atoms with Gasteiger partial charge in [0.2, 0.25) is 11.8 Å². The summed E-state index contributed by atoms with van der Waals surface area (Å²) >= 11 is 0. The summed E-state index contributed by atoms with van der Waals surface area (Å²) in [5.74, 6) is 0.796. The van der Waals surface area contributed by atoms with Crippen molar-refractivity contribution in [3.8, 4) is 0 Å². The number of nitrogens with one attached hydrogen (secondary N) is 1. The number of amides is 2. The molecule has 0 atom stereocenters. The van der Waals surface area contributed by atoms with Crippen LogP contribution in [0, 0.1) is 19.8 Å². The number of rotatable bonds is 7. The average molecular weight is 376 g/mol. The van der Waals surface area contributed by atoms with Crippen LogP contribution in [0.25, 0.3) is 0 Å². The van der Waals surface area contributed by atoms with E-state index in [0.29, 0.717) is 38.0 Å². The summed E-state index contributed by atoms with van der Waals surface area (Å²) in [5.41, 5.74) is 3.12. The van der Waals surface area contributed by atoms with E-state index in [4.69, 9.17) is 0 Å². The number of hydrogen-bond donors (Lipinski definition) is 1. The Morgan fingerprint density at radius 3 is 2.41 bits per heavy atom. The largest absolute Gasteiger partial charge is 0.352 e. The normalized spacial score (nSPS) is 18.2. The van der Waals surface area contributed by atoms with Gasteiger partial charge in [0.1, 0.15) is 0 Å². The fraction of sp³-hybridized carbons (Fsp3) is 0.750. The predicted molar refractivity (Wildman–Crippen MR) is 104 cm³/mol. The topological polar surface area (TPSA) is 70.5 Å².